The number of carbonyl (C=O) groups excluding carboxylic acids is 1. The van der Waals surface area contributed by atoms with E-state index in [4.69, 9.17) is 10.6 Å². The van der Waals surface area contributed by atoms with Crippen LogP contribution in [0.1, 0.15) is 36.0 Å². The highest BCUT2D eigenvalue weighted by Crippen LogP contribution is 2.29. The van der Waals surface area contributed by atoms with E-state index < -0.39 is 0 Å². The van der Waals surface area contributed by atoms with Crippen molar-refractivity contribution in [3.8, 4) is 5.88 Å². The Labute approximate surface area is 117 Å². The first-order valence-electron chi connectivity index (χ1n) is 6.87. The van der Waals surface area contributed by atoms with Gasteiger partial charge in [-0.3, -0.25) is 9.80 Å². The predicted octanol–water partition coefficient (Wildman–Crippen LogP) is 0.0841. The van der Waals surface area contributed by atoms with E-state index in [-0.39, 0.29) is 17.8 Å². The first kappa shape index (κ1) is 13.3. The summed E-state index contributed by atoms with van der Waals surface area (Å²) in [7, 11) is 1.48. The molecule has 0 saturated carbocycles. The van der Waals surface area contributed by atoms with Gasteiger partial charge in [0.05, 0.1) is 13.2 Å². The Morgan fingerprint density at radius 1 is 1.45 bits per heavy atom. The zero-order chi connectivity index (χ0) is 14.1. The minimum atomic E-state index is -0.284. The van der Waals surface area contributed by atoms with E-state index in [0.717, 1.165) is 12.8 Å². The molecule has 108 valence electrons. The number of methoxy groups -OCH3 is 1. The molecule has 7 nitrogen and oxygen atoms in total. The number of carbonyl (C=O) groups is 1. The number of rotatable bonds is 3. The van der Waals surface area contributed by atoms with E-state index >= 15 is 0 Å². The average Bonchev–Trinajstić information content (AvgIpc) is 2.84. The molecule has 3 N–H and O–H groups in total. The second-order valence-corrected chi connectivity index (χ2v) is 5.42. The molecule has 2 aliphatic rings. The van der Waals surface area contributed by atoms with Gasteiger partial charge in [0.2, 0.25) is 5.88 Å². The number of hydrogen-bond donors (Lipinski definition) is 2. The maximum absolute atomic E-state index is 12.5. The Hall–Kier alpha value is -1.73. The van der Waals surface area contributed by atoms with Crippen LogP contribution in [0, 0.1) is 0 Å². The third-order valence-electron chi connectivity index (χ3n) is 4.18. The van der Waals surface area contributed by atoms with E-state index in [9.17, 15) is 4.79 Å². The summed E-state index contributed by atoms with van der Waals surface area (Å²) >= 11 is 0. The predicted molar refractivity (Wildman–Crippen MR) is 71.9 cm³/mol. The van der Waals surface area contributed by atoms with E-state index in [1.165, 1.54) is 37.5 Å². The van der Waals surface area contributed by atoms with Crippen molar-refractivity contribution < 1.29 is 9.53 Å². The number of hydrogen-bond acceptors (Lipinski definition) is 6. The van der Waals surface area contributed by atoms with Gasteiger partial charge in [0, 0.05) is 18.3 Å². The fourth-order valence-corrected chi connectivity index (χ4v) is 3.19. The van der Waals surface area contributed by atoms with Crippen molar-refractivity contribution in [3.05, 3.63) is 18.1 Å². The van der Waals surface area contributed by atoms with E-state index in [0.29, 0.717) is 17.6 Å². The quantitative estimate of drug-likeness (QED) is 0.462. The summed E-state index contributed by atoms with van der Waals surface area (Å²) in [5, 5.41) is 4.86. The topological polar surface area (TPSA) is 93.4 Å². The third kappa shape index (κ3) is 2.34. The van der Waals surface area contributed by atoms with Crippen LogP contribution in [-0.4, -0.2) is 46.1 Å². The maximum atomic E-state index is 12.5. The number of amides is 1. The van der Waals surface area contributed by atoms with Gasteiger partial charge < -0.3 is 10.1 Å². The van der Waals surface area contributed by atoms with Gasteiger partial charge in [-0.1, -0.05) is 0 Å². The summed E-state index contributed by atoms with van der Waals surface area (Å²) in [6, 6.07) is 1.02. The standard InChI is InChI=1S/C13H19N5O2/c1-20-12-11(6-15-7-16-12)13(19)18(14)10-4-8-2-3-9(5-10)17-8/h6-10,17H,2-5,14H2,1H3. The van der Waals surface area contributed by atoms with Gasteiger partial charge in [-0.15, -0.1) is 0 Å². The van der Waals surface area contributed by atoms with Crippen LogP contribution >= 0.6 is 0 Å². The molecule has 2 aliphatic heterocycles. The summed E-state index contributed by atoms with van der Waals surface area (Å²) < 4.78 is 5.09. The number of fused-ring (bicyclic) bond motifs is 2. The van der Waals surface area contributed by atoms with Crippen molar-refractivity contribution in [1.29, 1.82) is 0 Å². The van der Waals surface area contributed by atoms with Crippen LogP contribution in [0.3, 0.4) is 0 Å². The van der Waals surface area contributed by atoms with Crippen molar-refractivity contribution in [1.82, 2.24) is 20.3 Å². The molecular weight excluding hydrogens is 258 g/mol. The molecule has 2 unspecified atom stereocenters. The fourth-order valence-electron chi connectivity index (χ4n) is 3.19. The van der Waals surface area contributed by atoms with Gasteiger partial charge in [-0.25, -0.2) is 15.8 Å². The first-order valence-corrected chi connectivity index (χ1v) is 6.87. The molecule has 3 heterocycles. The molecular formula is C13H19N5O2. The molecule has 1 aromatic rings. The van der Waals surface area contributed by atoms with Crippen molar-refractivity contribution in [3.63, 3.8) is 0 Å². The van der Waals surface area contributed by atoms with E-state index in [1.54, 1.807) is 0 Å². The summed E-state index contributed by atoms with van der Waals surface area (Å²) in [6.07, 6.45) is 6.93. The average molecular weight is 277 g/mol. The SMILES string of the molecule is COc1ncncc1C(=O)N(N)C1CC2CCC(C1)N2. The molecule has 0 aromatic carbocycles. The zero-order valence-electron chi connectivity index (χ0n) is 11.5. The van der Waals surface area contributed by atoms with Gasteiger partial charge >= 0.3 is 0 Å². The van der Waals surface area contributed by atoms with Gasteiger partial charge in [0.1, 0.15) is 11.9 Å². The van der Waals surface area contributed by atoms with Crippen LogP contribution in [0.2, 0.25) is 0 Å². The summed E-state index contributed by atoms with van der Waals surface area (Å²) in [6.45, 7) is 0. The third-order valence-corrected chi connectivity index (χ3v) is 4.18. The molecule has 2 bridgehead atoms. The van der Waals surface area contributed by atoms with Crippen LogP contribution in [0.5, 0.6) is 5.88 Å². The van der Waals surface area contributed by atoms with Gasteiger partial charge in [0.15, 0.2) is 0 Å². The van der Waals surface area contributed by atoms with E-state index in [1.807, 2.05) is 0 Å². The highest BCUT2D eigenvalue weighted by Gasteiger charge is 2.37. The molecule has 20 heavy (non-hydrogen) atoms. The lowest BCUT2D eigenvalue weighted by Gasteiger charge is -2.34. The second-order valence-electron chi connectivity index (χ2n) is 5.42. The number of ether oxygens (including phenoxy) is 1. The lowest BCUT2D eigenvalue weighted by Crippen LogP contribution is -2.53. The molecule has 1 amide bonds. The fraction of sp³-hybridized carbons (Fsp3) is 0.615. The first-order chi connectivity index (χ1) is 9.69. The van der Waals surface area contributed by atoms with Gasteiger partial charge in [0.25, 0.3) is 5.91 Å². The number of nitrogens with two attached hydrogens (primary N) is 1. The van der Waals surface area contributed by atoms with Crippen molar-refractivity contribution in [2.24, 2.45) is 5.84 Å². The number of hydrazine groups is 1. The minimum absolute atomic E-state index is 0.0613. The second kappa shape index (κ2) is 5.34. The van der Waals surface area contributed by atoms with Crippen LogP contribution in [0.4, 0.5) is 0 Å². The highest BCUT2D eigenvalue weighted by atomic mass is 16.5. The van der Waals surface area contributed by atoms with Crippen LogP contribution in [0.15, 0.2) is 12.5 Å². The molecule has 7 heteroatoms. The number of piperidine rings is 1. The number of nitrogens with one attached hydrogen (secondary N) is 1. The van der Waals surface area contributed by atoms with Crippen molar-refractivity contribution in [2.45, 2.75) is 43.8 Å². The Balaban J connectivity index is 1.76. The Bertz CT molecular complexity index is 497. The number of nitrogens with zero attached hydrogens (tertiary/aromatic N) is 3. The Morgan fingerprint density at radius 2 is 2.15 bits per heavy atom. The molecule has 2 saturated heterocycles. The largest absolute Gasteiger partial charge is 0.480 e. The van der Waals surface area contributed by atoms with Crippen LogP contribution in [0.25, 0.3) is 0 Å². The smallest absolute Gasteiger partial charge is 0.275 e. The monoisotopic (exact) mass is 277 g/mol. The van der Waals surface area contributed by atoms with Crippen LogP contribution in [-0.2, 0) is 0 Å². The molecule has 2 atom stereocenters. The molecule has 1 aromatic heterocycles. The normalized spacial score (nSPS) is 28.2. The molecule has 0 aliphatic carbocycles. The summed E-state index contributed by atoms with van der Waals surface area (Å²) in [4.78, 5) is 20.3. The summed E-state index contributed by atoms with van der Waals surface area (Å²) in [5.74, 6) is 6.02. The Morgan fingerprint density at radius 3 is 2.80 bits per heavy atom. The molecule has 0 spiro atoms. The highest BCUT2D eigenvalue weighted by molar-refractivity contribution is 5.95. The van der Waals surface area contributed by atoms with Crippen molar-refractivity contribution in [2.75, 3.05) is 7.11 Å². The van der Waals surface area contributed by atoms with Crippen LogP contribution < -0.4 is 15.9 Å². The van der Waals surface area contributed by atoms with Crippen molar-refractivity contribution >= 4 is 5.91 Å². The lowest BCUT2D eigenvalue weighted by atomic mass is 9.99. The Kier molecular flexibility index (Phi) is 3.54. The van der Waals surface area contributed by atoms with Gasteiger partial charge in [-0.05, 0) is 25.7 Å². The number of aromatic nitrogens is 2. The summed E-state index contributed by atoms with van der Waals surface area (Å²) in [5.41, 5.74) is 0.309. The minimum Gasteiger partial charge on any atom is -0.480 e. The lowest BCUT2D eigenvalue weighted by molar-refractivity contribution is 0.0611. The van der Waals surface area contributed by atoms with E-state index in [2.05, 4.69) is 15.3 Å². The zero-order valence-corrected chi connectivity index (χ0v) is 11.5. The molecule has 0 radical (unpaired) electrons. The maximum Gasteiger partial charge on any atom is 0.275 e. The van der Waals surface area contributed by atoms with Gasteiger partial charge in [-0.2, -0.15) is 0 Å². The molecule has 3 rings (SSSR count). The molecule has 2 fully saturated rings.